The average molecular weight is 1310 g/mol. The van der Waals surface area contributed by atoms with Gasteiger partial charge in [0.05, 0.1) is 22.1 Å². The highest BCUT2D eigenvalue weighted by molar-refractivity contribution is 7.26. The molecular weight excluding hydrogens is 1260 g/mol. The summed E-state index contributed by atoms with van der Waals surface area (Å²) < 4.78 is 9.56. The normalized spacial score (nSPS) is 11.8. The van der Waals surface area contributed by atoms with Crippen LogP contribution in [0.1, 0.15) is 0 Å². The molecular formula is C90H54N8S2. The second-order valence-corrected chi connectivity index (χ2v) is 27.5. The summed E-state index contributed by atoms with van der Waals surface area (Å²) in [4.78, 5) is 31.2. The van der Waals surface area contributed by atoms with Crippen molar-refractivity contribution >= 4 is 107 Å². The lowest BCUT2D eigenvalue weighted by molar-refractivity contribution is 1.08. The third-order valence-corrected chi connectivity index (χ3v) is 21.7. The van der Waals surface area contributed by atoms with Gasteiger partial charge in [0.2, 0.25) is 0 Å². The minimum Gasteiger partial charge on any atom is -0.309 e. The number of benzene rings is 14. The first-order valence-electron chi connectivity index (χ1n) is 33.5. The highest BCUT2D eigenvalue weighted by atomic mass is 32.1. The van der Waals surface area contributed by atoms with Crippen molar-refractivity contribution in [1.29, 1.82) is 0 Å². The number of hydrogen-bond donors (Lipinski definition) is 0. The third-order valence-electron chi connectivity index (χ3n) is 19.5. The molecule has 0 bridgehead atoms. The molecule has 0 saturated carbocycles. The van der Waals surface area contributed by atoms with E-state index in [2.05, 4.69) is 282 Å². The highest BCUT2D eigenvalue weighted by Crippen LogP contribution is 2.46. The Morgan fingerprint density at radius 1 is 0.190 bits per heavy atom. The molecule has 0 aliphatic rings. The number of fused-ring (bicyclic) bond motifs is 12. The Morgan fingerprint density at radius 3 is 1.25 bits per heavy atom. The van der Waals surface area contributed by atoms with Gasteiger partial charge >= 0.3 is 0 Å². The van der Waals surface area contributed by atoms with Crippen LogP contribution in [0.4, 0.5) is 0 Å². The fourth-order valence-corrected chi connectivity index (χ4v) is 17.1. The Kier molecular flexibility index (Phi) is 13.5. The third kappa shape index (κ3) is 9.63. The zero-order valence-corrected chi connectivity index (χ0v) is 55.2. The molecule has 14 aromatic carbocycles. The molecule has 0 N–H and O–H groups in total. The van der Waals surface area contributed by atoms with Crippen LogP contribution in [0.2, 0.25) is 0 Å². The molecule has 0 saturated heterocycles. The predicted octanol–water partition coefficient (Wildman–Crippen LogP) is 24.0. The first-order chi connectivity index (χ1) is 49.5. The van der Waals surface area contributed by atoms with Crippen molar-refractivity contribution in [2.75, 3.05) is 0 Å². The van der Waals surface area contributed by atoms with Crippen LogP contribution in [0.25, 0.3) is 197 Å². The molecule has 100 heavy (non-hydrogen) atoms. The maximum absolute atomic E-state index is 5.37. The number of rotatable bonds is 11. The van der Waals surface area contributed by atoms with Crippen molar-refractivity contribution in [1.82, 2.24) is 39.0 Å². The number of hydrogen-bond acceptors (Lipinski definition) is 8. The van der Waals surface area contributed by atoms with E-state index >= 15 is 0 Å². The van der Waals surface area contributed by atoms with Gasteiger partial charge in [-0.05, 0) is 112 Å². The molecule has 0 atom stereocenters. The SMILES string of the molecule is c1ccc(-c2nc(-c3ccc(-c4cccc(-n5c6ccccc6c6ccc(-c7ccc8sc9cccc(-c%10nc(-c%11ccccc%11)nc(-c%11ccccc%11)n%10)c9c8c7)cc65)c4)cc3)nc(-c3cccc4sc5cc(-c6cccc7c6c6ccccc6n7-c6ccccc6)ccc5c34)n2)cc1. The summed E-state index contributed by atoms with van der Waals surface area (Å²) in [5.74, 6) is 3.78. The predicted molar refractivity (Wildman–Crippen MR) is 417 cm³/mol. The zero-order valence-electron chi connectivity index (χ0n) is 53.6. The van der Waals surface area contributed by atoms with E-state index < -0.39 is 0 Å². The molecule has 20 rings (SSSR count). The molecule has 0 aliphatic heterocycles. The lowest BCUT2D eigenvalue weighted by Gasteiger charge is -2.12. The molecule has 0 radical (unpaired) electrons. The number of aromatic nitrogens is 8. The van der Waals surface area contributed by atoms with E-state index in [1.165, 1.54) is 67.9 Å². The maximum atomic E-state index is 5.37. The van der Waals surface area contributed by atoms with Gasteiger partial charge in [0.1, 0.15) is 0 Å². The topological polar surface area (TPSA) is 87.2 Å². The van der Waals surface area contributed by atoms with Crippen LogP contribution in [-0.4, -0.2) is 39.0 Å². The largest absolute Gasteiger partial charge is 0.309 e. The minimum absolute atomic E-state index is 0.608. The van der Waals surface area contributed by atoms with Crippen LogP contribution in [-0.2, 0) is 0 Å². The van der Waals surface area contributed by atoms with Crippen LogP contribution < -0.4 is 0 Å². The molecule has 0 amide bonds. The maximum Gasteiger partial charge on any atom is 0.164 e. The van der Waals surface area contributed by atoms with Crippen LogP contribution in [0.3, 0.4) is 0 Å². The van der Waals surface area contributed by atoms with Crippen LogP contribution >= 0.6 is 22.7 Å². The van der Waals surface area contributed by atoms with E-state index in [0.29, 0.717) is 34.9 Å². The van der Waals surface area contributed by atoms with E-state index in [-0.39, 0.29) is 0 Å². The summed E-state index contributed by atoms with van der Waals surface area (Å²) in [6.07, 6.45) is 0. The van der Waals surface area contributed by atoms with Crippen molar-refractivity contribution in [3.05, 3.63) is 328 Å². The summed E-state index contributed by atoms with van der Waals surface area (Å²) in [7, 11) is 0. The fraction of sp³-hybridized carbons (Fsp3) is 0. The fourth-order valence-electron chi connectivity index (χ4n) is 14.8. The standard InChI is InChI=1S/C90H54N8S2/c1-5-21-56(22-6-1)85-91-86(57-23-7-2-8-24-57)95-90(94-85)72-35-20-40-80-84(72)73-52-61(47-50-78(73)99-80)62-45-48-68-67-31-13-15-36-74(67)98(77(68)53-62)65-30-17-27-60(51-65)55-41-43-59(44-42-55)88-92-87(58-25-9-3-10-26-58)93-89(96-88)71-34-19-39-79-83(71)70-49-46-63(54-81(70)100-79)66-33-18-38-76-82(66)69-32-14-16-37-75(69)97(76)64-28-11-4-12-29-64/h1-54H. The highest BCUT2D eigenvalue weighted by Gasteiger charge is 2.23. The van der Waals surface area contributed by atoms with E-state index in [1.54, 1.807) is 11.3 Å². The Bertz CT molecular complexity index is 6580. The monoisotopic (exact) mass is 1310 g/mol. The second-order valence-electron chi connectivity index (χ2n) is 25.3. The van der Waals surface area contributed by atoms with Crippen molar-refractivity contribution < 1.29 is 0 Å². The summed E-state index contributed by atoms with van der Waals surface area (Å²) >= 11 is 3.60. The van der Waals surface area contributed by atoms with Gasteiger partial charge in [-0.1, -0.05) is 249 Å². The molecule has 0 spiro atoms. The zero-order chi connectivity index (χ0) is 65.8. The van der Waals surface area contributed by atoms with Gasteiger partial charge < -0.3 is 9.13 Å². The van der Waals surface area contributed by atoms with Gasteiger partial charge in [0.25, 0.3) is 0 Å². The number of thiophene rings is 2. The van der Waals surface area contributed by atoms with Gasteiger partial charge in [0, 0.05) is 107 Å². The van der Waals surface area contributed by atoms with Crippen molar-refractivity contribution in [2.24, 2.45) is 0 Å². The smallest absolute Gasteiger partial charge is 0.164 e. The average Bonchev–Trinajstić information content (AvgIpc) is 1.58. The Labute approximate surface area is 582 Å². The van der Waals surface area contributed by atoms with E-state index in [0.717, 1.165) is 94.2 Å². The Balaban J connectivity index is 0.650. The molecule has 0 unspecified atom stereocenters. The lowest BCUT2D eigenvalue weighted by Crippen LogP contribution is -2.00. The molecule has 8 nitrogen and oxygen atoms in total. The molecule has 20 aromatic rings. The van der Waals surface area contributed by atoms with Gasteiger partial charge in [-0.3, -0.25) is 0 Å². The summed E-state index contributed by atoms with van der Waals surface area (Å²) in [6.45, 7) is 0. The van der Waals surface area contributed by atoms with E-state index in [1.807, 2.05) is 65.9 Å². The summed E-state index contributed by atoms with van der Waals surface area (Å²) in [5, 5.41) is 9.46. The van der Waals surface area contributed by atoms with Gasteiger partial charge in [0.15, 0.2) is 34.9 Å². The first-order valence-corrected chi connectivity index (χ1v) is 35.1. The molecule has 0 fully saturated rings. The van der Waals surface area contributed by atoms with Crippen LogP contribution in [0.15, 0.2) is 328 Å². The number of nitrogens with zero attached hydrogens (tertiary/aromatic N) is 8. The van der Waals surface area contributed by atoms with Gasteiger partial charge in [-0.2, -0.15) is 0 Å². The summed E-state index contributed by atoms with van der Waals surface area (Å²) in [5.41, 5.74) is 19.3. The molecule has 0 aliphatic carbocycles. The minimum atomic E-state index is 0.608. The van der Waals surface area contributed by atoms with Crippen LogP contribution in [0.5, 0.6) is 0 Å². The molecule has 6 heterocycles. The van der Waals surface area contributed by atoms with Gasteiger partial charge in [-0.25, -0.2) is 29.9 Å². The quantitative estimate of drug-likeness (QED) is 0.128. The van der Waals surface area contributed by atoms with E-state index in [4.69, 9.17) is 29.9 Å². The van der Waals surface area contributed by atoms with Crippen molar-refractivity contribution in [3.63, 3.8) is 0 Å². The Hall–Kier alpha value is -12.9. The van der Waals surface area contributed by atoms with E-state index in [9.17, 15) is 0 Å². The number of para-hydroxylation sites is 3. The first kappa shape index (κ1) is 57.4. The molecule has 10 heteroatoms. The summed E-state index contributed by atoms with van der Waals surface area (Å²) in [6, 6.07) is 117. The van der Waals surface area contributed by atoms with Crippen LogP contribution in [0, 0.1) is 0 Å². The molecule has 466 valence electrons. The van der Waals surface area contributed by atoms with Crippen molar-refractivity contribution in [3.8, 4) is 113 Å². The molecule has 6 aromatic heterocycles. The van der Waals surface area contributed by atoms with Crippen molar-refractivity contribution in [2.45, 2.75) is 0 Å². The van der Waals surface area contributed by atoms with Gasteiger partial charge in [-0.15, -0.1) is 22.7 Å². The second kappa shape index (κ2) is 23.5. The Morgan fingerprint density at radius 2 is 0.600 bits per heavy atom. The lowest BCUT2D eigenvalue weighted by atomic mass is 9.97.